The summed E-state index contributed by atoms with van der Waals surface area (Å²) in [5.74, 6) is 1.61. The zero-order valence-corrected chi connectivity index (χ0v) is 15.7. The van der Waals surface area contributed by atoms with E-state index in [1.807, 2.05) is 41.8 Å². The Morgan fingerprint density at radius 2 is 1.96 bits per heavy atom. The molecule has 2 aliphatic heterocycles. The van der Waals surface area contributed by atoms with Crippen LogP contribution in [0, 0.1) is 0 Å². The standard InChI is InChI=1S/C20H27N5O2/c26-19(16-23-10-12-27-13-11-23)24-8-1-2-18(15-24)20-22-7-9-25(20)14-17-3-5-21-6-4-17/h3-7,9,18H,1-2,8,10-16H2/t18-/m0/s1. The first-order valence-electron chi connectivity index (χ1n) is 9.77. The summed E-state index contributed by atoms with van der Waals surface area (Å²) in [7, 11) is 0. The number of rotatable bonds is 5. The van der Waals surface area contributed by atoms with Crippen LogP contribution < -0.4 is 0 Å². The van der Waals surface area contributed by atoms with Gasteiger partial charge >= 0.3 is 0 Å². The van der Waals surface area contributed by atoms with Crippen LogP contribution >= 0.6 is 0 Å². The van der Waals surface area contributed by atoms with Gasteiger partial charge in [0.05, 0.1) is 19.8 Å². The minimum Gasteiger partial charge on any atom is -0.379 e. The first-order valence-corrected chi connectivity index (χ1v) is 9.77. The molecule has 0 N–H and O–H groups in total. The molecule has 2 aromatic rings. The summed E-state index contributed by atoms with van der Waals surface area (Å²) in [6.07, 6.45) is 9.64. The van der Waals surface area contributed by atoms with Gasteiger partial charge < -0.3 is 14.2 Å². The topological polar surface area (TPSA) is 63.5 Å². The van der Waals surface area contributed by atoms with Crippen LogP contribution in [0.3, 0.4) is 0 Å². The second-order valence-electron chi connectivity index (χ2n) is 7.34. The Labute approximate surface area is 160 Å². The summed E-state index contributed by atoms with van der Waals surface area (Å²) in [5, 5.41) is 0. The van der Waals surface area contributed by atoms with Crippen molar-refractivity contribution in [1.29, 1.82) is 0 Å². The molecule has 0 bridgehead atoms. The maximum absolute atomic E-state index is 12.8. The smallest absolute Gasteiger partial charge is 0.236 e. The Morgan fingerprint density at radius 1 is 1.15 bits per heavy atom. The molecule has 27 heavy (non-hydrogen) atoms. The van der Waals surface area contributed by atoms with Crippen LogP contribution in [-0.2, 0) is 16.1 Å². The lowest BCUT2D eigenvalue weighted by molar-refractivity contribution is -0.134. The average molecular weight is 369 g/mol. The number of ether oxygens (including phenoxy) is 1. The van der Waals surface area contributed by atoms with Crippen molar-refractivity contribution in [2.75, 3.05) is 45.9 Å². The molecule has 2 aliphatic rings. The number of pyridine rings is 1. The fourth-order valence-electron chi connectivity index (χ4n) is 3.96. The van der Waals surface area contributed by atoms with E-state index in [0.717, 1.165) is 64.6 Å². The fraction of sp³-hybridized carbons (Fsp3) is 0.550. The van der Waals surface area contributed by atoms with Gasteiger partial charge in [0.2, 0.25) is 5.91 Å². The van der Waals surface area contributed by atoms with Crippen molar-refractivity contribution in [1.82, 2.24) is 24.3 Å². The molecule has 0 saturated carbocycles. The van der Waals surface area contributed by atoms with Gasteiger partial charge in [-0.2, -0.15) is 0 Å². The molecule has 4 heterocycles. The monoisotopic (exact) mass is 369 g/mol. The lowest BCUT2D eigenvalue weighted by atomic mass is 9.97. The first kappa shape index (κ1) is 18.1. The molecule has 7 nitrogen and oxygen atoms in total. The van der Waals surface area contributed by atoms with Crippen molar-refractivity contribution in [3.05, 3.63) is 48.3 Å². The summed E-state index contributed by atoms with van der Waals surface area (Å²) >= 11 is 0. The van der Waals surface area contributed by atoms with Gasteiger partial charge in [-0.15, -0.1) is 0 Å². The molecular weight excluding hydrogens is 342 g/mol. The first-order chi connectivity index (χ1) is 13.3. The number of carbonyl (C=O) groups excluding carboxylic acids is 1. The van der Waals surface area contributed by atoms with Crippen LogP contribution in [-0.4, -0.2) is 76.2 Å². The highest BCUT2D eigenvalue weighted by molar-refractivity contribution is 5.78. The Kier molecular flexibility index (Phi) is 5.79. The average Bonchev–Trinajstić information content (AvgIpc) is 3.18. The van der Waals surface area contributed by atoms with Crippen LogP contribution in [0.15, 0.2) is 36.9 Å². The number of amides is 1. The number of piperidine rings is 1. The van der Waals surface area contributed by atoms with Crippen LogP contribution in [0.1, 0.15) is 30.1 Å². The molecule has 4 rings (SSSR count). The highest BCUT2D eigenvalue weighted by Gasteiger charge is 2.28. The zero-order valence-electron chi connectivity index (χ0n) is 15.7. The Morgan fingerprint density at radius 3 is 2.78 bits per heavy atom. The maximum Gasteiger partial charge on any atom is 0.236 e. The number of hydrogen-bond donors (Lipinski definition) is 0. The molecule has 0 aromatic carbocycles. The van der Waals surface area contributed by atoms with Gasteiger partial charge in [0.25, 0.3) is 0 Å². The Hall–Kier alpha value is -2.25. The van der Waals surface area contributed by atoms with Gasteiger partial charge in [-0.05, 0) is 30.5 Å². The van der Waals surface area contributed by atoms with Gasteiger partial charge in [0, 0.05) is 63.4 Å². The molecular formula is C20H27N5O2. The van der Waals surface area contributed by atoms with Crippen molar-refractivity contribution in [3.8, 4) is 0 Å². The quantitative estimate of drug-likeness (QED) is 0.796. The van der Waals surface area contributed by atoms with Crippen LogP contribution in [0.2, 0.25) is 0 Å². The predicted octanol–water partition coefficient (Wildman–Crippen LogP) is 1.36. The third-order valence-electron chi connectivity index (χ3n) is 5.45. The van der Waals surface area contributed by atoms with E-state index in [1.54, 1.807) is 0 Å². The number of carbonyl (C=O) groups is 1. The molecule has 0 unspecified atom stereocenters. The van der Waals surface area contributed by atoms with E-state index in [0.29, 0.717) is 12.5 Å². The fourth-order valence-corrected chi connectivity index (χ4v) is 3.96. The highest BCUT2D eigenvalue weighted by Crippen LogP contribution is 2.26. The van der Waals surface area contributed by atoms with Crippen LogP contribution in [0.5, 0.6) is 0 Å². The highest BCUT2D eigenvalue weighted by atomic mass is 16.5. The second kappa shape index (κ2) is 8.63. The van der Waals surface area contributed by atoms with Crippen molar-refractivity contribution in [3.63, 3.8) is 0 Å². The van der Waals surface area contributed by atoms with Gasteiger partial charge in [-0.1, -0.05) is 0 Å². The molecule has 7 heteroatoms. The van der Waals surface area contributed by atoms with Crippen molar-refractivity contribution in [2.24, 2.45) is 0 Å². The Bertz CT molecular complexity index is 742. The second-order valence-corrected chi connectivity index (χ2v) is 7.34. The van der Waals surface area contributed by atoms with Gasteiger partial charge in [0.15, 0.2) is 0 Å². The molecule has 0 radical (unpaired) electrons. The molecule has 1 atom stereocenters. The minimum atomic E-state index is 0.230. The molecule has 0 spiro atoms. The maximum atomic E-state index is 12.8. The third kappa shape index (κ3) is 4.54. The predicted molar refractivity (Wildman–Crippen MR) is 101 cm³/mol. The molecule has 2 fully saturated rings. The van der Waals surface area contributed by atoms with Crippen molar-refractivity contribution >= 4 is 5.91 Å². The SMILES string of the molecule is O=C(CN1CCOCC1)N1CCC[C@H](c2nccn2Cc2ccncc2)C1. The van der Waals surface area contributed by atoms with E-state index >= 15 is 0 Å². The largest absolute Gasteiger partial charge is 0.379 e. The van der Waals surface area contributed by atoms with E-state index in [-0.39, 0.29) is 5.91 Å². The zero-order chi connectivity index (χ0) is 18.5. The lowest BCUT2D eigenvalue weighted by Crippen LogP contribution is -2.47. The number of nitrogens with zero attached hydrogens (tertiary/aromatic N) is 5. The van der Waals surface area contributed by atoms with Gasteiger partial charge in [-0.25, -0.2) is 4.98 Å². The molecule has 0 aliphatic carbocycles. The summed E-state index contributed by atoms with van der Waals surface area (Å²) in [4.78, 5) is 25.7. The number of aromatic nitrogens is 3. The van der Waals surface area contributed by atoms with Gasteiger partial charge in [-0.3, -0.25) is 14.7 Å². The molecule has 2 aromatic heterocycles. The summed E-state index contributed by atoms with van der Waals surface area (Å²) < 4.78 is 7.58. The van der Waals surface area contributed by atoms with E-state index in [2.05, 4.69) is 19.4 Å². The summed E-state index contributed by atoms with van der Waals surface area (Å²) in [5.41, 5.74) is 1.21. The number of morpholine rings is 1. The van der Waals surface area contributed by atoms with Crippen LogP contribution in [0.25, 0.3) is 0 Å². The van der Waals surface area contributed by atoms with Crippen LogP contribution in [0.4, 0.5) is 0 Å². The van der Waals surface area contributed by atoms with Crippen molar-refractivity contribution in [2.45, 2.75) is 25.3 Å². The minimum absolute atomic E-state index is 0.230. The number of hydrogen-bond acceptors (Lipinski definition) is 5. The Balaban J connectivity index is 1.39. The van der Waals surface area contributed by atoms with Crippen molar-refractivity contribution < 1.29 is 9.53 Å². The third-order valence-corrected chi connectivity index (χ3v) is 5.45. The molecule has 2 saturated heterocycles. The van der Waals surface area contributed by atoms with E-state index in [1.165, 1.54) is 5.56 Å². The van der Waals surface area contributed by atoms with E-state index in [9.17, 15) is 4.79 Å². The lowest BCUT2D eigenvalue weighted by Gasteiger charge is -2.35. The molecule has 144 valence electrons. The number of likely N-dealkylation sites (tertiary alicyclic amines) is 1. The normalized spacial score (nSPS) is 21.3. The molecule has 1 amide bonds. The van der Waals surface area contributed by atoms with E-state index < -0.39 is 0 Å². The summed E-state index contributed by atoms with van der Waals surface area (Å²) in [6.45, 7) is 6.04. The van der Waals surface area contributed by atoms with Gasteiger partial charge in [0.1, 0.15) is 5.82 Å². The summed E-state index contributed by atoms with van der Waals surface area (Å²) in [6, 6.07) is 4.06. The van der Waals surface area contributed by atoms with E-state index in [4.69, 9.17) is 4.74 Å². The number of imidazole rings is 1.